The molecule has 4 heteroatoms. The van der Waals surface area contributed by atoms with Crippen LogP contribution in [0.25, 0.3) is 0 Å². The van der Waals surface area contributed by atoms with Crippen molar-refractivity contribution in [1.29, 1.82) is 0 Å². The minimum Gasteiger partial charge on any atom is -0.385 e. The molecule has 0 radical (unpaired) electrons. The molecule has 1 aliphatic rings. The van der Waals surface area contributed by atoms with Gasteiger partial charge >= 0.3 is 0 Å². The Labute approximate surface area is 99.7 Å². The highest BCUT2D eigenvalue weighted by Crippen LogP contribution is 2.07. The number of ether oxygens (including phenoxy) is 1. The van der Waals surface area contributed by atoms with Gasteiger partial charge in [-0.05, 0) is 45.9 Å². The number of piperidine rings is 1. The Morgan fingerprint density at radius 3 is 2.62 bits per heavy atom. The highest BCUT2D eigenvalue weighted by atomic mass is 16.5. The molecule has 96 valence electrons. The monoisotopic (exact) mass is 229 g/mol. The lowest BCUT2D eigenvalue weighted by molar-refractivity contribution is 0.194. The van der Waals surface area contributed by atoms with Gasteiger partial charge in [0.05, 0.1) is 0 Å². The molecule has 1 saturated heterocycles. The first-order valence-corrected chi connectivity index (χ1v) is 6.44. The molecule has 2 N–H and O–H groups in total. The maximum absolute atomic E-state index is 4.99. The van der Waals surface area contributed by atoms with Gasteiger partial charge in [0.25, 0.3) is 0 Å². The molecule has 0 saturated carbocycles. The van der Waals surface area contributed by atoms with E-state index in [9.17, 15) is 0 Å². The van der Waals surface area contributed by atoms with Crippen LogP contribution in [-0.2, 0) is 4.74 Å². The van der Waals surface area contributed by atoms with Crippen molar-refractivity contribution in [2.24, 2.45) is 0 Å². The number of likely N-dealkylation sites (tertiary alicyclic amines) is 1. The van der Waals surface area contributed by atoms with Crippen LogP contribution >= 0.6 is 0 Å². The second-order valence-electron chi connectivity index (χ2n) is 4.63. The topological polar surface area (TPSA) is 36.5 Å². The molecule has 1 rings (SSSR count). The van der Waals surface area contributed by atoms with Crippen molar-refractivity contribution in [3.05, 3.63) is 0 Å². The van der Waals surface area contributed by atoms with Gasteiger partial charge in [-0.1, -0.05) is 0 Å². The van der Waals surface area contributed by atoms with E-state index in [2.05, 4.69) is 22.6 Å². The van der Waals surface area contributed by atoms with E-state index in [0.717, 1.165) is 38.7 Å². The summed E-state index contributed by atoms with van der Waals surface area (Å²) in [5.41, 5.74) is 0. The Bertz CT molecular complexity index is 158. The van der Waals surface area contributed by atoms with Gasteiger partial charge in [0.15, 0.2) is 0 Å². The molecule has 16 heavy (non-hydrogen) atoms. The molecule has 0 aromatic rings. The Balaban J connectivity index is 1.84. The van der Waals surface area contributed by atoms with Crippen LogP contribution in [0.5, 0.6) is 0 Å². The fourth-order valence-corrected chi connectivity index (χ4v) is 2.04. The van der Waals surface area contributed by atoms with Crippen LogP contribution < -0.4 is 10.6 Å². The van der Waals surface area contributed by atoms with Crippen LogP contribution in [0.2, 0.25) is 0 Å². The van der Waals surface area contributed by atoms with Gasteiger partial charge in [0.1, 0.15) is 0 Å². The first-order valence-electron chi connectivity index (χ1n) is 6.44. The van der Waals surface area contributed by atoms with Crippen molar-refractivity contribution in [3.8, 4) is 0 Å². The molecule has 0 amide bonds. The van der Waals surface area contributed by atoms with Crippen LogP contribution in [0.1, 0.15) is 19.3 Å². The first kappa shape index (κ1) is 13.9. The second kappa shape index (κ2) is 8.93. The largest absolute Gasteiger partial charge is 0.385 e. The van der Waals surface area contributed by atoms with Gasteiger partial charge < -0.3 is 20.3 Å². The quantitative estimate of drug-likeness (QED) is 0.587. The summed E-state index contributed by atoms with van der Waals surface area (Å²) >= 11 is 0. The Morgan fingerprint density at radius 1 is 1.19 bits per heavy atom. The number of hydrogen-bond acceptors (Lipinski definition) is 4. The van der Waals surface area contributed by atoms with E-state index in [-0.39, 0.29) is 0 Å². The summed E-state index contributed by atoms with van der Waals surface area (Å²) in [5.74, 6) is 0. The third kappa shape index (κ3) is 6.43. The van der Waals surface area contributed by atoms with Gasteiger partial charge in [0, 0.05) is 32.8 Å². The lowest BCUT2D eigenvalue weighted by atomic mass is 10.1. The average molecular weight is 229 g/mol. The zero-order chi connectivity index (χ0) is 11.6. The summed E-state index contributed by atoms with van der Waals surface area (Å²) in [6, 6.07) is 0.733. The summed E-state index contributed by atoms with van der Waals surface area (Å²) < 4.78 is 4.99. The van der Waals surface area contributed by atoms with Gasteiger partial charge in [-0.3, -0.25) is 0 Å². The van der Waals surface area contributed by atoms with E-state index >= 15 is 0 Å². The van der Waals surface area contributed by atoms with Crippen molar-refractivity contribution in [2.75, 3.05) is 53.5 Å². The Hall–Kier alpha value is -0.160. The standard InChI is InChI=1S/C12H27N3O/c1-15-9-4-12(5-10-15)14-8-7-13-6-3-11-16-2/h12-14H,3-11H2,1-2H3. The summed E-state index contributed by atoms with van der Waals surface area (Å²) in [7, 11) is 3.95. The summed E-state index contributed by atoms with van der Waals surface area (Å²) in [6.45, 7) is 6.54. The van der Waals surface area contributed by atoms with Crippen LogP contribution in [0.3, 0.4) is 0 Å². The smallest absolute Gasteiger partial charge is 0.0474 e. The molecule has 1 aliphatic heterocycles. The zero-order valence-corrected chi connectivity index (χ0v) is 10.8. The molecule has 4 nitrogen and oxygen atoms in total. The van der Waals surface area contributed by atoms with Gasteiger partial charge in [0.2, 0.25) is 0 Å². The molecule has 1 heterocycles. The van der Waals surface area contributed by atoms with Crippen molar-refractivity contribution in [3.63, 3.8) is 0 Å². The molecule has 0 aromatic heterocycles. The van der Waals surface area contributed by atoms with Crippen LogP contribution in [0.15, 0.2) is 0 Å². The number of nitrogens with zero attached hydrogens (tertiary/aromatic N) is 1. The summed E-state index contributed by atoms with van der Waals surface area (Å²) in [4.78, 5) is 2.40. The van der Waals surface area contributed by atoms with E-state index in [1.54, 1.807) is 7.11 Å². The second-order valence-corrected chi connectivity index (χ2v) is 4.63. The van der Waals surface area contributed by atoms with Crippen molar-refractivity contribution < 1.29 is 4.74 Å². The number of rotatable bonds is 8. The van der Waals surface area contributed by atoms with Crippen molar-refractivity contribution in [2.45, 2.75) is 25.3 Å². The predicted octanol–water partition coefficient (Wildman–Crippen LogP) is 0.296. The number of hydrogen-bond donors (Lipinski definition) is 2. The van der Waals surface area contributed by atoms with E-state index in [1.165, 1.54) is 25.9 Å². The molecule has 0 spiro atoms. The number of methoxy groups -OCH3 is 1. The van der Waals surface area contributed by atoms with Crippen LogP contribution in [0, 0.1) is 0 Å². The van der Waals surface area contributed by atoms with Crippen molar-refractivity contribution in [1.82, 2.24) is 15.5 Å². The Morgan fingerprint density at radius 2 is 1.94 bits per heavy atom. The van der Waals surface area contributed by atoms with Gasteiger partial charge in [-0.2, -0.15) is 0 Å². The third-order valence-corrected chi connectivity index (χ3v) is 3.16. The SMILES string of the molecule is COCCCNCCNC1CCN(C)CC1. The van der Waals surface area contributed by atoms with E-state index in [1.807, 2.05) is 0 Å². The highest BCUT2D eigenvalue weighted by Gasteiger charge is 2.14. The van der Waals surface area contributed by atoms with E-state index in [4.69, 9.17) is 4.74 Å². The number of nitrogens with one attached hydrogen (secondary N) is 2. The molecule has 0 unspecified atom stereocenters. The fourth-order valence-electron chi connectivity index (χ4n) is 2.04. The molecular weight excluding hydrogens is 202 g/mol. The van der Waals surface area contributed by atoms with Crippen molar-refractivity contribution >= 4 is 0 Å². The summed E-state index contributed by atoms with van der Waals surface area (Å²) in [5, 5.41) is 7.03. The van der Waals surface area contributed by atoms with Crippen LogP contribution in [-0.4, -0.2) is 64.4 Å². The molecular formula is C12H27N3O. The summed E-state index contributed by atoms with van der Waals surface area (Å²) in [6.07, 6.45) is 3.69. The molecule has 0 bridgehead atoms. The first-order chi connectivity index (χ1) is 7.83. The molecule has 0 aromatic carbocycles. The maximum atomic E-state index is 4.99. The fraction of sp³-hybridized carbons (Fsp3) is 1.00. The normalized spacial score (nSPS) is 19.1. The third-order valence-electron chi connectivity index (χ3n) is 3.16. The minimum absolute atomic E-state index is 0.733. The predicted molar refractivity (Wildman–Crippen MR) is 67.9 cm³/mol. The zero-order valence-electron chi connectivity index (χ0n) is 10.8. The lowest BCUT2D eigenvalue weighted by Gasteiger charge is -2.29. The van der Waals surface area contributed by atoms with E-state index < -0.39 is 0 Å². The highest BCUT2D eigenvalue weighted by molar-refractivity contribution is 4.75. The lowest BCUT2D eigenvalue weighted by Crippen LogP contribution is -2.43. The van der Waals surface area contributed by atoms with Gasteiger partial charge in [-0.15, -0.1) is 0 Å². The average Bonchev–Trinajstić information content (AvgIpc) is 2.30. The minimum atomic E-state index is 0.733. The molecule has 0 atom stereocenters. The Kier molecular flexibility index (Phi) is 7.76. The van der Waals surface area contributed by atoms with E-state index in [0.29, 0.717) is 0 Å². The van der Waals surface area contributed by atoms with Crippen LogP contribution in [0.4, 0.5) is 0 Å². The maximum Gasteiger partial charge on any atom is 0.0474 e. The van der Waals surface area contributed by atoms with Gasteiger partial charge in [-0.25, -0.2) is 0 Å². The molecule has 1 fully saturated rings. The molecule has 0 aliphatic carbocycles.